The van der Waals surface area contributed by atoms with Crippen molar-refractivity contribution in [2.45, 2.75) is 19.0 Å². The van der Waals surface area contributed by atoms with Crippen molar-refractivity contribution in [1.29, 1.82) is 0 Å². The number of aromatic nitrogens is 3. The number of hydrogen-bond acceptors (Lipinski definition) is 5. The van der Waals surface area contributed by atoms with Crippen molar-refractivity contribution >= 4 is 11.6 Å². The number of Topliss-reactive ketones (excluding diaryl/α,β-unsaturated/α-hetero) is 2. The van der Waals surface area contributed by atoms with E-state index in [1.807, 2.05) is 0 Å². The van der Waals surface area contributed by atoms with Gasteiger partial charge < -0.3 is 4.42 Å². The highest BCUT2D eigenvalue weighted by Crippen LogP contribution is 2.33. The van der Waals surface area contributed by atoms with Crippen LogP contribution in [-0.2, 0) is 23.8 Å². The molecule has 9 heteroatoms. The van der Waals surface area contributed by atoms with Crippen LogP contribution in [-0.4, -0.2) is 26.7 Å². The highest BCUT2D eigenvalue weighted by atomic mass is 19.4. The Morgan fingerprint density at radius 1 is 1.19 bits per heavy atom. The number of alkyl halides is 3. The molecule has 26 heavy (non-hydrogen) atoms. The van der Waals surface area contributed by atoms with E-state index in [1.54, 1.807) is 0 Å². The Hall–Kier alpha value is -3.23. The molecule has 2 heterocycles. The summed E-state index contributed by atoms with van der Waals surface area (Å²) in [7, 11) is 0. The van der Waals surface area contributed by atoms with Crippen LogP contribution >= 0.6 is 0 Å². The number of aromatic amines is 1. The summed E-state index contributed by atoms with van der Waals surface area (Å²) in [6.45, 7) is 0. The van der Waals surface area contributed by atoms with Gasteiger partial charge in [-0.25, -0.2) is 4.98 Å². The highest BCUT2D eigenvalue weighted by molar-refractivity contribution is 6.42. The number of carbonyl (C=O) groups is 2. The largest absolute Gasteiger partial charge is 0.469 e. The van der Waals surface area contributed by atoms with Crippen LogP contribution in [0.5, 0.6) is 0 Å². The third-order valence-corrected chi connectivity index (χ3v) is 3.63. The van der Waals surface area contributed by atoms with Gasteiger partial charge in [0.1, 0.15) is 12.1 Å². The second-order valence-electron chi connectivity index (χ2n) is 5.50. The summed E-state index contributed by atoms with van der Waals surface area (Å²) in [4.78, 5) is 27.3. The van der Waals surface area contributed by atoms with Gasteiger partial charge in [-0.2, -0.15) is 13.2 Å². The summed E-state index contributed by atoms with van der Waals surface area (Å²) in [5.41, 5.74) is -0.163. The van der Waals surface area contributed by atoms with E-state index in [-0.39, 0.29) is 30.0 Å². The van der Waals surface area contributed by atoms with Crippen LogP contribution in [0.15, 0.2) is 47.3 Å². The zero-order chi connectivity index (χ0) is 18.7. The molecular weight excluding hydrogens is 351 g/mol. The van der Waals surface area contributed by atoms with Crippen molar-refractivity contribution in [2.24, 2.45) is 0 Å². The molecule has 0 aliphatic carbocycles. The first-order valence-corrected chi connectivity index (χ1v) is 7.49. The fourth-order valence-corrected chi connectivity index (χ4v) is 2.46. The predicted molar refractivity (Wildman–Crippen MR) is 82.4 cm³/mol. The molecule has 6 nitrogen and oxygen atoms in total. The summed E-state index contributed by atoms with van der Waals surface area (Å²) in [6.07, 6.45) is -2.35. The number of benzene rings is 1. The van der Waals surface area contributed by atoms with Gasteiger partial charge in [-0.3, -0.25) is 14.7 Å². The summed E-state index contributed by atoms with van der Waals surface area (Å²) >= 11 is 0. The third kappa shape index (κ3) is 3.88. The van der Waals surface area contributed by atoms with Crippen LogP contribution < -0.4 is 0 Å². The molecule has 1 aromatic carbocycles. The van der Waals surface area contributed by atoms with Crippen molar-refractivity contribution in [3.8, 4) is 0 Å². The molecule has 0 aliphatic heterocycles. The molecule has 3 rings (SSSR count). The highest BCUT2D eigenvalue weighted by Gasteiger charge is 2.32. The molecule has 0 radical (unpaired) electrons. The maximum absolute atomic E-state index is 13.0. The lowest BCUT2D eigenvalue weighted by atomic mass is 10.0. The molecule has 0 saturated heterocycles. The minimum Gasteiger partial charge on any atom is -0.469 e. The molecule has 0 saturated carbocycles. The fraction of sp³-hybridized carbons (Fsp3) is 0.176. The number of halogens is 3. The van der Waals surface area contributed by atoms with Crippen LogP contribution in [0.1, 0.15) is 33.1 Å². The number of nitrogens with one attached hydrogen (secondary N) is 1. The van der Waals surface area contributed by atoms with Crippen LogP contribution in [0.4, 0.5) is 13.2 Å². The molecule has 0 unspecified atom stereocenters. The van der Waals surface area contributed by atoms with E-state index < -0.39 is 23.3 Å². The zero-order valence-electron chi connectivity index (χ0n) is 13.2. The van der Waals surface area contributed by atoms with Crippen LogP contribution in [0, 0.1) is 0 Å². The summed E-state index contributed by atoms with van der Waals surface area (Å²) in [5, 5.41) is 5.86. The average molecular weight is 363 g/mol. The Labute approximate surface area is 145 Å². The molecular formula is C17H12F3N3O3. The minimum absolute atomic E-state index is 0.0117. The lowest BCUT2D eigenvalue weighted by molar-refractivity contribution is -0.138. The number of furan rings is 1. The normalized spacial score (nSPS) is 11.5. The number of ketones is 2. The topological polar surface area (TPSA) is 88.9 Å². The first-order chi connectivity index (χ1) is 12.3. The Balaban J connectivity index is 1.71. The maximum Gasteiger partial charge on any atom is 0.416 e. The van der Waals surface area contributed by atoms with Crippen molar-refractivity contribution in [1.82, 2.24) is 15.2 Å². The van der Waals surface area contributed by atoms with Crippen molar-refractivity contribution < 1.29 is 27.2 Å². The first kappa shape index (κ1) is 17.6. The van der Waals surface area contributed by atoms with Crippen molar-refractivity contribution in [2.75, 3.05) is 0 Å². The second kappa shape index (κ2) is 6.95. The molecule has 0 spiro atoms. The van der Waals surface area contributed by atoms with Gasteiger partial charge in [0, 0.05) is 6.42 Å². The predicted octanol–water partition coefficient (Wildman–Crippen LogP) is 3.00. The van der Waals surface area contributed by atoms with Gasteiger partial charge in [0.25, 0.3) is 5.78 Å². The SMILES string of the molecule is O=C(Cc1cc(Cc2ccccc2C(F)(F)F)co1)C(=O)c1nc[nH]n1. The van der Waals surface area contributed by atoms with E-state index >= 15 is 0 Å². The molecule has 134 valence electrons. The van der Waals surface area contributed by atoms with Crippen LogP contribution in [0.2, 0.25) is 0 Å². The first-order valence-electron chi connectivity index (χ1n) is 7.49. The lowest BCUT2D eigenvalue weighted by Crippen LogP contribution is -2.17. The fourth-order valence-electron chi connectivity index (χ4n) is 2.46. The lowest BCUT2D eigenvalue weighted by Gasteiger charge is -2.11. The van der Waals surface area contributed by atoms with Gasteiger partial charge in [0.05, 0.1) is 18.2 Å². The molecule has 0 amide bonds. The van der Waals surface area contributed by atoms with E-state index in [0.29, 0.717) is 5.56 Å². The second-order valence-corrected chi connectivity index (χ2v) is 5.50. The van der Waals surface area contributed by atoms with Crippen LogP contribution in [0.3, 0.4) is 0 Å². The Morgan fingerprint density at radius 3 is 2.65 bits per heavy atom. The third-order valence-electron chi connectivity index (χ3n) is 3.63. The molecule has 0 bridgehead atoms. The summed E-state index contributed by atoms with van der Waals surface area (Å²) in [6, 6.07) is 6.68. The average Bonchev–Trinajstić information content (AvgIpc) is 3.26. The van der Waals surface area contributed by atoms with E-state index in [0.717, 1.165) is 6.07 Å². The Kier molecular flexibility index (Phi) is 4.70. The zero-order valence-corrected chi connectivity index (χ0v) is 13.2. The van der Waals surface area contributed by atoms with Gasteiger partial charge in [0.2, 0.25) is 11.6 Å². The molecule has 0 atom stereocenters. The van der Waals surface area contributed by atoms with Gasteiger partial charge in [-0.15, -0.1) is 5.10 Å². The maximum atomic E-state index is 13.0. The van der Waals surface area contributed by atoms with Gasteiger partial charge in [-0.1, -0.05) is 18.2 Å². The van der Waals surface area contributed by atoms with Crippen LogP contribution in [0.25, 0.3) is 0 Å². The molecule has 2 aromatic heterocycles. The number of carbonyl (C=O) groups excluding carboxylic acids is 2. The standard InChI is InChI=1S/C17H12F3N3O3/c18-17(19,20)13-4-2-1-3-11(13)5-10-6-12(26-8-10)7-14(24)15(25)16-21-9-22-23-16/h1-4,6,8-9H,5,7H2,(H,21,22,23). The number of hydrogen-bond donors (Lipinski definition) is 1. The van der Waals surface area contributed by atoms with Gasteiger partial charge in [-0.05, 0) is 23.3 Å². The number of nitrogens with zero attached hydrogens (tertiary/aromatic N) is 2. The minimum atomic E-state index is -4.46. The van der Waals surface area contributed by atoms with E-state index in [4.69, 9.17) is 4.42 Å². The van der Waals surface area contributed by atoms with Crippen molar-refractivity contribution in [3.63, 3.8) is 0 Å². The van der Waals surface area contributed by atoms with Gasteiger partial charge in [0.15, 0.2) is 0 Å². The summed E-state index contributed by atoms with van der Waals surface area (Å²) < 4.78 is 44.3. The van der Waals surface area contributed by atoms with E-state index in [9.17, 15) is 22.8 Å². The number of rotatable bonds is 6. The molecule has 0 fully saturated rings. The Bertz CT molecular complexity index is 930. The summed E-state index contributed by atoms with van der Waals surface area (Å²) in [5.74, 6) is -1.72. The van der Waals surface area contributed by atoms with E-state index in [2.05, 4.69) is 15.2 Å². The molecule has 0 aliphatic rings. The van der Waals surface area contributed by atoms with Gasteiger partial charge >= 0.3 is 6.18 Å². The Morgan fingerprint density at radius 2 is 1.96 bits per heavy atom. The molecule has 1 N–H and O–H groups in total. The smallest absolute Gasteiger partial charge is 0.416 e. The van der Waals surface area contributed by atoms with E-state index in [1.165, 1.54) is 36.9 Å². The van der Waals surface area contributed by atoms with Crippen molar-refractivity contribution in [3.05, 3.63) is 71.2 Å². The molecule has 3 aromatic rings. The number of H-pyrrole nitrogens is 1. The quantitative estimate of drug-likeness (QED) is 0.537. The monoisotopic (exact) mass is 363 g/mol.